The number of anilines is 1. The van der Waals surface area contributed by atoms with E-state index in [1.54, 1.807) is 25.1 Å². The van der Waals surface area contributed by atoms with E-state index in [0.717, 1.165) is 32.1 Å². The molecule has 252 valence electrons. The Balaban J connectivity index is 1.40. The van der Waals surface area contributed by atoms with Crippen LogP contribution in [0.1, 0.15) is 59.1 Å². The van der Waals surface area contributed by atoms with Gasteiger partial charge in [0, 0.05) is 0 Å². The number of aliphatic hydroxyl groups excluding tert-OH is 1. The molecule has 0 spiro atoms. The number of nitrogens with one attached hydrogen (secondary N) is 1. The number of hydrogen-bond donors (Lipinski definition) is 4. The first-order valence-corrected chi connectivity index (χ1v) is 16.7. The summed E-state index contributed by atoms with van der Waals surface area (Å²) in [4.78, 5) is 25.4. The van der Waals surface area contributed by atoms with Crippen LogP contribution in [0.3, 0.4) is 0 Å². The molecule has 2 aromatic heterocycles. The topological polar surface area (TPSA) is 202 Å². The minimum absolute atomic E-state index is 0.0863. The molecule has 2 fully saturated rings. The number of hydrogen-bond acceptors (Lipinski definition) is 13. The Morgan fingerprint density at radius 2 is 1.98 bits per heavy atom. The van der Waals surface area contributed by atoms with E-state index in [1.165, 1.54) is 36.9 Å². The Morgan fingerprint density at radius 3 is 2.65 bits per heavy atom. The monoisotopic (exact) mass is 666 g/mol. The summed E-state index contributed by atoms with van der Waals surface area (Å²) in [7, 11) is -4.48. The Hall–Kier alpha value is -3.40. The number of fused-ring (bicyclic) bond motifs is 1. The van der Waals surface area contributed by atoms with E-state index >= 15 is 0 Å². The van der Waals surface area contributed by atoms with Gasteiger partial charge >= 0.3 is 13.7 Å². The largest absolute Gasteiger partial charge is 0.476 e. The summed E-state index contributed by atoms with van der Waals surface area (Å²) in [5.41, 5.74) is 1.75. The van der Waals surface area contributed by atoms with Gasteiger partial charge in [-0.15, -0.1) is 0 Å². The molecule has 5 N–H and O–H groups in total. The number of imidazole rings is 1. The highest BCUT2D eigenvalue weighted by Gasteiger charge is 2.63. The number of nitrogen functional groups attached to an aromatic ring is 1. The van der Waals surface area contributed by atoms with Gasteiger partial charge in [-0.3, -0.25) is 13.9 Å². The molecule has 6 atom stereocenters. The van der Waals surface area contributed by atoms with E-state index in [2.05, 4.69) is 20.0 Å². The van der Waals surface area contributed by atoms with Crippen molar-refractivity contribution in [2.24, 2.45) is 0 Å². The minimum Gasteiger partial charge on any atom is -0.476 e. The Bertz CT molecular complexity index is 1560. The molecule has 3 unspecified atom stereocenters. The van der Waals surface area contributed by atoms with Gasteiger partial charge in [0.2, 0.25) is 11.8 Å². The van der Waals surface area contributed by atoms with Crippen LogP contribution in [0.2, 0.25) is 0 Å². The molecule has 1 aliphatic carbocycles. The third kappa shape index (κ3) is 6.97. The Morgan fingerprint density at radius 1 is 1.26 bits per heavy atom. The van der Waals surface area contributed by atoms with Gasteiger partial charge in [0.05, 0.1) is 19.5 Å². The molecule has 1 saturated heterocycles. The number of nitrogens with zero attached hydrogens (tertiary/aromatic N) is 4. The van der Waals surface area contributed by atoms with Crippen LogP contribution in [0.15, 0.2) is 36.7 Å². The predicted molar refractivity (Wildman–Crippen MR) is 163 cm³/mol. The van der Waals surface area contributed by atoms with E-state index < -0.39 is 56.6 Å². The fourth-order valence-corrected chi connectivity index (χ4v) is 7.17. The summed E-state index contributed by atoms with van der Waals surface area (Å²) in [6.45, 7) is 2.43. The van der Waals surface area contributed by atoms with Crippen LogP contribution >= 0.6 is 7.75 Å². The van der Waals surface area contributed by atoms with Crippen LogP contribution in [-0.4, -0.2) is 85.0 Å². The van der Waals surface area contributed by atoms with Crippen molar-refractivity contribution < 1.29 is 47.2 Å². The second-order valence-corrected chi connectivity index (χ2v) is 13.4. The Labute approximate surface area is 265 Å². The number of para-hydroxylation sites is 1. The molecular weight excluding hydrogens is 626 g/mol. The van der Waals surface area contributed by atoms with Gasteiger partial charge in [0.15, 0.2) is 23.0 Å². The van der Waals surface area contributed by atoms with Crippen molar-refractivity contribution in [1.29, 1.82) is 0 Å². The molecule has 2 aliphatic rings. The third-order valence-corrected chi connectivity index (χ3v) is 9.68. The lowest BCUT2D eigenvalue weighted by Gasteiger charge is -2.32. The lowest BCUT2D eigenvalue weighted by atomic mass is 9.88. The number of ether oxygens (including phenoxy) is 3. The highest BCUT2D eigenvalue weighted by atomic mass is 31.2. The zero-order chi connectivity index (χ0) is 33.1. The average molecular weight is 667 g/mol. The number of nitrogens with two attached hydrogens (primary N) is 1. The molecule has 1 aromatic carbocycles. The number of halogens is 1. The highest BCUT2D eigenvalue weighted by Crippen LogP contribution is 2.50. The van der Waals surface area contributed by atoms with Crippen molar-refractivity contribution in [1.82, 2.24) is 24.6 Å². The van der Waals surface area contributed by atoms with Gasteiger partial charge in [-0.1, -0.05) is 24.6 Å². The van der Waals surface area contributed by atoms with Gasteiger partial charge < -0.3 is 34.7 Å². The summed E-state index contributed by atoms with van der Waals surface area (Å²) in [6, 6.07) is 6.88. The number of aliphatic hydroxyl groups is 2. The summed E-state index contributed by atoms with van der Waals surface area (Å²) in [6.07, 6.45) is 2.05. The van der Waals surface area contributed by atoms with Crippen molar-refractivity contribution in [2.45, 2.75) is 88.6 Å². The van der Waals surface area contributed by atoms with Crippen LogP contribution in [0.4, 0.5) is 10.3 Å². The SMILES string of the molecule is CCOc1nc(N)nc2c1ncn2C1O[C@](CF)(COP(=O)(NC(C)C(=O)OC2CCCCC2)Oc2ccccc2)[C@@H](O)[C@@]1(C)O. The Kier molecular flexibility index (Phi) is 10.2. The number of aromatic nitrogens is 4. The maximum atomic E-state index is 15.0. The van der Waals surface area contributed by atoms with E-state index in [-0.39, 0.29) is 41.5 Å². The van der Waals surface area contributed by atoms with Crippen molar-refractivity contribution in [3.05, 3.63) is 36.7 Å². The van der Waals surface area contributed by atoms with Crippen molar-refractivity contribution in [2.75, 3.05) is 25.6 Å². The van der Waals surface area contributed by atoms with Crippen molar-refractivity contribution in [3.8, 4) is 11.6 Å². The second-order valence-electron chi connectivity index (χ2n) is 11.7. The maximum Gasteiger partial charge on any atom is 0.459 e. The number of rotatable bonds is 13. The molecule has 0 bridgehead atoms. The summed E-state index contributed by atoms with van der Waals surface area (Å²) < 4.78 is 58.9. The van der Waals surface area contributed by atoms with Crippen LogP contribution in [0.25, 0.3) is 11.2 Å². The van der Waals surface area contributed by atoms with E-state index in [0.29, 0.717) is 0 Å². The maximum absolute atomic E-state index is 15.0. The van der Waals surface area contributed by atoms with Gasteiger partial charge in [-0.25, -0.2) is 13.9 Å². The minimum atomic E-state index is -4.48. The molecule has 1 aliphatic heterocycles. The lowest BCUT2D eigenvalue weighted by molar-refractivity contribution is -0.152. The van der Waals surface area contributed by atoms with Crippen LogP contribution in [0.5, 0.6) is 11.6 Å². The summed E-state index contributed by atoms with van der Waals surface area (Å²) in [5.74, 6) is -0.599. The van der Waals surface area contributed by atoms with Crippen molar-refractivity contribution in [3.63, 3.8) is 0 Å². The normalized spacial score (nSPS) is 27.3. The molecule has 3 heterocycles. The molecule has 1 saturated carbocycles. The van der Waals surface area contributed by atoms with Crippen LogP contribution in [0, 0.1) is 0 Å². The number of carbonyl (C=O) groups is 1. The van der Waals surface area contributed by atoms with Crippen LogP contribution < -0.4 is 20.1 Å². The third-order valence-electron chi connectivity index (χ3n) is 8.05. The fourth-order valence-electron chi connectivity index (χ4n) is 5.63. The van der Waals surface area contributed by atoms with Crippen LogP contribution in [-0.2, 0) is 23.4 Å². The predicted octanol–water partition coefficient (Wildman–Crippen LogP) is 3.21. The summed E-state index contributed by atoms with van der Waals surface area (Å²) >= 11 is 0. The molecule has 5 rings (SSSR count). The molecule has 0 amide bonds. The zero-order valence-corrected chi connectivity index (χ0v) is 26.8. The van der Waals surface area contributed by atoms with E-state index in [4.69, 9.17) is 29.0 Å². The van der Waals surface area contributed by atoms with Crippen molar-refractivity contribution >= 4 is 30.8 Å². The number of benzene rings is 1. The lowest BCUT2D eigenvalue weighted by Crippen LogP contribution is -2.53. The first kappa shape index (κ1) is 33.9. The summed E-state index contributed by atoms with van der Waals surface area (Å²) in [5, 5.41) is 25.4. The smallest absolute Gasteiger partial charge is 0.459 e. The molecule has 46 heavy (non-hydrogen) atoms. The van der Waals surface area contributed by atoms with Gasteiger partial charge in [0.25, 0.3) is 0 Å². The van der Waals surface area contributed by atoms with Gasteiger partial charge in [0.1, 0.15) is 36.3 Å². The molecule has 0 radical (unpaired) electrons. The molecule has 17 heteroatoms. The fraction of sp³-hybridized carbons (Fsp3) is 0.586. The molecule has 3 aromatic rings. The number of carbonyl (C=O) groups excluding carboxylic acids is 1. The molecule has 15 nitrogen and oxygen atoms in total. The standard InChI is InChI=1S/C29H40FN6O9P/c1-4-41-23-21-22(33-27(31)34-23)36(17-32-21)26-28(3,39)25(38)29(15-30,44-26)16-42-46(40,45-20-13-9-6-10-14-20)35-18(2)24(37)43-19-11-7-5-8-12-19/h6,9-10,13-14,17-19,25-26,38-39H,4-5,7-8,11-12,15-16H2,1-3H3,(H,35,40)(H2,31,33,34)/t18?,25-,26?,28+,29+,46?/m0/s1. The molecular formula is C29H40FN6O9P. The van der Waals surface area contributed by atoms with Gasteiger partial charge in [-0.05, 0) is 58.6 Å². The number of alkyl halides is 1. The highest BCUT2D eigenvalue weighted by molar-refractivity contribution is 7.52. The number of esters is 1. The van der Waals surface area contributed by atoms with E-state index in [1.807, 2.05) is 0 Å². The van der Waals surface area contributed by atoms with E-state index in [9.17, 15) is 24.0 Å². The second kappa shape index (κ2) is 13.8. The first-order valence-electron chi connectivity index (χ1n) is 15.2. The first-order chi connectivity index (χ1) is 21.9. The quantitative estimate of drug-likeness (QED) is 0.153. The zero-order valence-electron chi connectivity index (χ0n) is 25.9. The van der Waals surface area contributed by atoms with Gasteiger partial charge in [-0.2, -0.15) is 15.1 Å². The average Bonchev–Trinajstić information content (AvgIpc) is 3.53.